The van der Waals surface area contributed by atoms with Crippen LogP contribution in [0.3, 0.4) is 0 Å². The van der Waals surface area contributed by atoms with Gasteiger partial charge in [-0.1, -0.05) is 6.07 Å². The first kappa shape index (κ1) is 21.4. The van der Waals surface area contributed by atoms with E-state index in [-0.39, 0.29) is 24.5 Å². The Labute approximate surface area is 171 Å². The fraction of sp³-hybridized carbons (Fsp3) is 0.667. The predicted octanol–water partition coefficient (Wildman–Crippen LogP) is 2.17. The molecule has 3 atom stereocenters. The Kier molecular flexibility index (Phi) is 6.31. The van der Waals surface area contributed by atoms with Gasteiger partial charge in [-0.3, -0.25) is 4.79 Å². The number of aliphatic hydroxyl groups excluding tert-OH is 1. The number of ether oxygens (including phenoxy) is 2. The molecule has 2 saturated heterocycles. The van der Waals surface area contributed by atoms with E-state index in [1.54, 1.807) is 11.1 Å². The van der Waals surface area contributed by atoms with E-state index in [1.165, 1.54) is 7.11 Å². The van der Waals surface area contributed by atoms with Crippen LogP contribution in [-0.2, 0) is 14.3 Å². The van der Waals surface area contributed by atoms with Crippen molar-refractivity contribution in [3.63, 3.8) is 0 Å². The highest BCUT2D eigenvalue weighted by Crippen LogP contribution is 2.35. The van der Waals surface area contributed by atoms with Crippen molar-refractivity contribution < 1.29 is 24.2 Å². The second-order valence-electron chi connectivity index (χ2n) is 8.79. The standard InChI is InChI=1S/C21H31N3O5/c1-21(2,3)29-20(27)24-10-8-16(17(13-24)19(26)28-4)14-5-6-18(22-11-14)23-9-7-15(25)12-23/h5-6,11,15-17,25H,7-10,12-13H2,1-4H3/t15-,16-,17-/m0/s1. The van der Waals surface area contributed by atoms with Gasteiger partial charge in [0.05, 0.1) is 19.1 Å². The van der Waals surface area contributed by atoms with Crippen molar-refractivity contribution in [2.24, 2.45) is 5.92 Å². The Bertz CT molecular complexity index is 731. The number of esters is 1. The zero-order valence-electron chi connectivity index (χ0n) is 17.6. The minimum Gasteiger partial charge on any atom is -0.469 e. The number of anilines is 1. The van der Waals surface area contributed by atoms with Crippen molar-refractivity contribution in [1.29, 1.82) is 0 Å². The summed E-state index contributed by atoms with van der Waals surface area (Å²) in [5.74, 6) is -0.0597. The number of amides is 1. The molecule has 1 aromatic heterocycles. The van der Waals surface area contributed by atoms with Gasteiger partial charge in [-0.25, -0.2) is 9.78 Å². The lowest BCUT2D eigenvalue weighted by Crippen LogP contribution is -2.47. The average molecular weight is 405 g/mol. The quantitative estimate of drug-likeness (QED) is 0.771. The highest BCUT2D eigenvalue weighted by Gasteiger charge is 2.39. The van der Waals surface area contributed by atoms with E-state index in [4.69, 9.17) is 9.47 Å². The van der Waals surface area contributed by atoms with Crippen LogP contribution in [0.25, 0.3) is 0 Å². The SMILES string of the molecule is COC(=O)[C@H]1CN(C(=O)OC(C)(C)C)CC[C@H]1c1ccc(N2CC[C@H](O)C2)nc1. The third kappa shape index (κ3) is 5.18. The Morgan fingerprint density at radius 3 is 2.48 bits per heavy atom. The lowest BCUT2D eigenvalue weighted by atomic mass is 9.81. The minimum absolute atomic E-state index is 0.0770. The molecule has 0 aliphatic carbocycles. The Morgan fingerprint density at radius 1 is 1.17 bits per heavy atom. The van der Waals surface area contributed by atoms with Crippen molar-refractivity contribution in [3.8, 4) is 0 Å². The molecule has 0 aromatic carbocycles. The van der Waals surface area contributed by atoms with Crippen LogP contribution in [0.5, 0.6) is 0 Å². The average Bonchev–Trinajstić information content (AvgIpc) is 3.12. The molecular formula is C21H31N3O5. The van der Waals surface area contributed by atoms with Crippen LogP contribution in [0.1, 0.15) is 45.1 Å². The van der Waals surface area contributed by atoms with E-state index in [0.29, 0.717) is 19.5 Å². The molecule has 0 radical (unpaired) electrons. The molecule has 0 saturated carbocycles. The molecule has 0 bridgehead atoms. The molecule has 2 fully saturated rings. The first-order chi connectivity index (χ1) is 13.7. The summed E-state index contributed by atoms with van der Waals surface area (Å²) in [4.78, 5) is 33.1. The first-order valence-electron chi connectivity index (χ1n) is 10.1. The molecule has 2 aliphatic rings. The van der Waals surface area contributed by atoms with Crippen molar-refractivity contribution in [2.75, 3.05) is 38.2 Å². The molecular weight excluding hydrogens is 374 g/mol. The van der Waals surface area contributed by atoms with Gasteiger partial charge in [0.2, 0.25) is 0 Å². The smallest absolute Gasteiger partial charge is 0.410 e. The third-order valence-electron chi connectivity index (χ3n) is 5.45. The van der Waals surface area contributed by atoms with Crippen LogP contribution >= 0.6 is 0 Å². The first-order valence-corrected chi connectivity index (χ1v) is 10.1. The molecule has 1 amide bonds. The molecule has 1 aromatic rings. The second-order valence-corrected chi connectivity index (χ2v) is 8.79. The van der Waals surface area contributed by atoms with Crippen LogP contribution in [0.15, 0.2) is 18.3 Å². The number of likely N-dealkylation sites (tertiary alicyclic amines) is 1. The van der Waals surface area contributed by atoms with E-state index in [2.05, 4.69) is 9.88 Å². The number of nitrogens with zero attached hydrogens (tertiary/aromatic N) is 3. The Hall–Kier alpha value is -2.35. The van der Waals surface area contributed by atoms with Crippen molar-refractivity contribution >= 4 is 17.9 Å². The predicted molar refractivity (Wildman–Crippen MR) is 108 cm³/mol. The molecule has 160 valence electrons. The van der Waals surface area contributed by atoms with Crippen LogP contribution in [0.2, 0.25) is 0 Å². The number of carbonyl (C=O) groups is 2. The van der Waals surface area contributed by atoms with Gasteiger partial charge in [0.25, 0.3) is 0 Å². The number of aliphatic hydroxyl groups is 1. The molecule has 0 unspecified atom stereocenters. The molecule has 8 nitrogen and oxygen atoms in total. The zero-order valence-corrected chi connectivity index (χ0v) is 17.6. The molecule has 0 spiro atoms. The molecule has 3 rings (SSSR count). The van der Waals surface area contributed by atoms with E-state index in [1.807, 2.05) is 32.9 Å². The topological polar surface area (TPSA) is 92.2 Å². The summed E-state index contributed by atoms with van der Waals surface area (Å²) in [7, 11) is 1.37. The maximum atomic E-state index is 12.5. The summed E-state index contributed by atoms with van der Waals surface area (Å²) in [5.41, 5.74) is 0.366. The number of pyridine rings is 1. The fourth-order valence-corrected chi connectivity index (χ4v) is 3.99. The number of hydrogen-bond donors (Lipinski definition) is 1. The molecule has 8 heteroatoms. The second kappa shape index (κ2) is 8.57. The summed E-state index contributed by atoms with van der Waals surface area (Å²) in [6.45, 7) is 7.60. The highest BCUT2D eigenvalue weighted by molar-refractivity contribution is 5.76. The van der Waals surface area contributed by atoms with Crippen molar-refractivity contribution in [2.45, 2.75) is 51.2 Å². The number of aromatic nitrogens is 1. The lowest BCUT2D eigenvalue weighted by molar-refractivity contribution is -0.148. The fourth-order valence-electron chi connectivity index (χ4n) is 3.99. The number of rotatable bonds is 3. The van der Waals surface area contributed by atoms with E-state index < -0.39 is 17.6 Å². The molecule has 29 heavy (non-hydrogen) atoms. The molecule has 3 heterocycles. The van der Waals surface area contributed by atoms with Crippen LogP contribution < -0.4 is 4.90 Å². The summed E-state index contributed by atoms with van der Waals surface area (Å²) >= 11 is 0. The van der Waals surface area contributed by atoms with Crippen LogP contribution in [0, 0.1) is 5.92 Å². The monoisotopic (exact) mass is 405 g/mol. The molecule has 1 N–H and O–H groups in total. The summed E-state index contributed by atoms with van der Waals surface area (Å²) in [6.07, 6.45) is 2.45. The number of piperidine rings is 1. The Balaban J connectivity index is 1.73. The number of carbonyl (C=O) groups excluding carboxylic acids is 2. The van der Waals surface area contributed by atoms with Gasteiger partial charge in [0, 0.05) is 38.3 Å². The van der Waals surface area contributed by atoms with Crippen molar-refractivity contribution in [3.05, 3.63) is 23.9 Å². The van der Waals surface area contributed by atoms with E-state index in [0.717, 1.165) is 24.3 Å². The maximum absolute atomic E-state index is 12.5. The summed E-state index contributed by atoms with van der Waals surface area (Å²) in [6, 6.07) is 3.92. The van der Waals surface area contributed by atoms with Gasteiger partial charge in [-0.15, -0.1) is 0 Å². The minimum atomic E-state index is -0.586. The number of hydrogen-bond acceptors (Lipinski definition) is 7. The number of methoxy groups -OCH3 is 1. The summed E-state index contributed by atoms with van der Waals surface area (Å²) < 4.78 is 10.5. The van der Waals surface area contributed by atoms with Gasteiger partial charge in [-0.05, 0) is 45.2 Å². The van der Waals surface area contributed by atoms with Gasteiger partial charge in [-0.2, -0.15) is 0 Å². The van der Waals surface area contributed by atoms with E-state index >= 15 is 0 Å². The van der Waals surface area contributed by atoms with Gasteiger partial charge < -0.3 is 24.4 Å². The van der Waals surface area contributed by atoms with Gasteiger partial charge >= 0.3 is 12.1 Å². The van der Waals surface area contributed by atoms with E-state index in [9.17, 15) is 14.7 Å². The van der Waals surface area contributed by atoms with Crippen LogP contribution in [-0.4, -0.2) is 72.0 Å². The largest absolute Gasteiger partial charge is 0.469 e. The number of β-amino-alcohol motifs (C(OH)–C–C–N with tert-alkyl or cyclic N) is 1. The maximum Gasteiger partial charge on any atom is 0.410 e. The Morgan fingerprint density at radius 2 is 1.93 bits per heavy atom. The third-order valence-corrected chi connectivity index (χ3v) is 5.45. The van der Waals surface area contributed by atoms with Crippen molar-refractivity contribution in [1.82, 2.24) is 9.88 Å². The van der Waals surface area contributed by atoms with Crippen LogP contribution in [0.4, 0.5) is 10.6 Å². The summed E-state index contributed by atoms with van der Waals surface area (Å²) in [5, 5.41) is 9.72. The zero-order chi connectivity index (χ0) is 21.2. The normalized spacial score (nSPS) is 25.1. The lowest BCUT2D eigenvalue weighted by Gasteiger charge is -2.37. The highest BCUT2D eigenvalue weighted by atomic mass is 16.6. The van der Waals surface area contributed by atoms with Gasteiger partial charge in [0.1, 0.15) is 11.4 Å². The van der Waals surface area contributed by atoms with Gasteiger partial charge in [0.15, 0.2) is 0 Å². The molecule has 2 aliphatic heterocycles.